The summed E-state index contributed by atoms with van der Waals surface area (Å²) in [6.07, 6.45) is 5.09. The molecule has 2 rings (SSSR count). The fourth-order valence-electron chi connectivity index (χ4n) is 1.93. The number of rotatable bonds is 3. The van der Waals surface area contributed by atoms with E-state index in [4.69, 9.17) is 10.5 Å². The summed E-state index contributed by atoms with van der Waals surface area (Å²) in [7, 11) is 0. The van der Waals surface area contributed by atoms with Crippen molar-refractivity contribution >= 4 is 5.69 Å². The standard InChI is InChI=1S/C11H15N3O3/c12-8-1-4-10(5-2-8)17-11-6-3-9(7-13-11)14(15)16/h3,6-8,10H,1-2,4-5,12H2. The van der Waals surface area contributed by atoms with Gasteiger partial charge in [-0.1, -0.05) is 0 Å². The highest BCUT2D eigenvalue weighted by molar-refractivity contribution is 5.28. The van der Waals surface area contributed by atoms with Crippen molar-refractivity contribution in [3.8, 4) is 5.88 Å². The molecule has 1 aromatic heterocycles. The Morgan fingerprint density at radius 2 is 2.06 bits per heavy atom. The second-order valence-electron chi connectivity index (χ2n) is 4.27. The van der Waals surface area contributed by atoms with Gasteiger partial charge in [0.05, 0.1) is 4.92 Å². The summed E-state index contributed by atoms with van der Waals surface area (Å²) >= 11 is 0. The fourth-order valence-corrected chi connectivity index (χ4v) is 1.93. The smallest absolute Gasteiger partial charge is 0.287 e. The molecular weight excluding hydrogens is 222 g/mol. The van der Waals surface area contributed by atoms with Crippen molar-refractivity contribution in [3.63, 3.8) is 0 Å². The largest absolute Gasteiger partial charge is 0.474 e. The maximum atomic E-state index is 10.4. The number of pyridine rings is 1. The van der Waals surface area contributed by atoms with E-state index in [1.807, 2.05) is 0 Å². The lowest BCUT2D eigenvalue weighted by Gasteiger charge is -2.26. The zero-order chi connectivity index (χ0) is 12.3. The molecule has 1 aliphatic carbocycles. The summed E-state index contributed by atoms with van der Waals surface area (Å²) in [5.74, 6) is 0.441. The van der Waals surface area contributed by atoms with Crippen LogP contribution in [-0.2, 0) is 0 Å². The molecule has 92 valence electrons. The average molecular weight is 237 g/mol. The van der Waals surface area contributed by atoms with Gasteiger partial charge in [0.1, 0.15) is 12.3 Å². The molecule has 1 saturated carbocycles. The molecule has 0 atom stereocenters. The number of ether oxygens (including phenoxy) is 1. The number of hydrogen-bond donors (Lipinski definition) is 1. The van der Waals surface area contributed by atoms with Crippen molar-refractivity contribution in [1.82, 2.24) is 4.98 Å². The Hall–Kier alpha value is -1.69. The molecule has 0 aliphatic heterocycles. The van der Waals surface area contributed by atoms with Crippen LogP contribution in [0, 0.1) is 10.1 Å². The van der Waals surface area contributed by atoms with E-state index in [0.29, 0.717) is 5.88 Å². The van der Waals surface area contributed by atoms with Crippen molar-refractivity contribution in [3.05, 3.63) is 28.4 Å². The molecule has 6 heteroatoms. The first-order valence-electron chi connectivity index (χ1n) is 5.68. The molecule has 2 N–H and O–H groups in total. The zero-order valence-corrected chi connectivity index (χ0v) is 9.41. The molecule has 1 heterocycles. The van der Waals surface area contributed by atoms with E-state index in [1.165, 1.54) is 18.3 Å². The summed E-state index contributed by atoms with van der Waals surface area (Å²) < 4.78 is 5.65. The summed E-state index contributed by atoms with van der Waals surface area (Å²) in [6.45, 7) is 0. The second-order valence-corrected chi connectivity index (χ2v) is 4.27. The number of nitrogens with two attached hydrogens (primary N) is 1. The van der Waals surface area contributed by atoms with Gasteiger partial charge in [0.2, 0.25) is 5.88 Å². The molecule has 6 nitrogen and oxygen atoms in total. The average Bonchev–Trinajstić information content (AvgIpc) is 2.33. The molecular formula is C11H15N3O3. The quantitative estimate of drug-likeness (QED) is 0.637. The summed E-state index contributed by atoms with van der Waals surface area (Å²) in [4.78, 5) is 13.9. The van der Waals surface area contributed by atoms with Crippen LogP contribution in [-0.4, -0.2) is 22.1 Å². The van der Waals surface area contributed by atoms with Gasteiger partial charge in [-0.25, -0.2) is 4.98 Å². The first kappa shape index (κ1) is 11.8. The maximum Gasteiger partial charge on any atom is 0.287 e. The van der Waals surface area contributed by atoms with Gasteiger partial charge in [-0.05, 0) is 25.7 Å². The number of nitro groups is 1. The Kier molecular flexibility index (Phi) is 3.53. The van der Waals surface area contributed by atoms with Crippen LogP contribution in [0.25, 0.3) is 0 Å². The molecule has 0 saturated heterocycles. The minimum Gasteiger partial charge on any atom is -0.474 e. The molecule has 0 amide bonds. The number of aromatic nitrogens is 1. The Morgan fingerprint density at radius 3 is 2.59 bits per heavy atom. The fraction of sp³-hybridized carbons (Fsp3) is 0.545. The normalized spacial score (nSPS) is 24.3. The maximum absolute atomic E-state index is 10.4. The Labute approximate surface area is 98.9 Å². The first-order chi connectivity index (χ1) is 8.15. The van der Waals surface area contributed by atoms with E-state index in [1.54, 1.807) is 0 Å². The molecule has 1 aromatic rings. The van der Waals surface area contributed by atoms with Gasteiger partial charge in [0.15, 0.2) is 0 Å². The summed E-state index contributed by atoms with van der Waals surface area (Å²) in [5, 5.41) is 10.4. The molecule has 0 radical (unpaired) electrons. The van der Waals surface area contributed by atoms with E-state index in [-0.39, 0.29) is 17.8 Å². The van der Waals surface area contributed by atoms with Crippen molar-refractivity contribution in [2.24, 2.45) is 5.73 Å². The highest BCUT2D eigenvalue weighted by Crippen LogP contribution is 2.22. The van der Waals surface area contributed by atoms with Gasteiger partial charge in [0, 0.05) is 18.2 Å². The van der Waals surface area contributed by atoms with E-state index in [2.05, 4.69) is 4.98 Å². The molecule has 17 heavy (non-hydrogen) atoms. The van der Waals surface area contributed by atoms with Crippen LogP contribution in [0.4, 0.5) is 5.69 Å². The van der Waals surface area contributed by atoms with E-state index in [9.17, 15) is 10.1 Å². The van der Waals surface area contributed by atoms with E-state index < -0.39 is 4.92 Å². The summed E-state index contributed by atoms with van der Waals surface area (Å²) in [6, 6.07) is 3.21. The Bertz CT molecular complexity index is 385. The molecule has 0 unspecified atom stereocenters. The topological polar surface area (TPSA) is 91.3 Å². The minimum absolute atomic E-state index is 0.0250. The third-order valence-electron chi connectivity index (χ3n) is 2.94. The van der Waals surface area contributed by atoms with Gasteiger partial charge in [-0.2, -0.15) is 0 Å². The Morgan fingerprint density at radius 1 is 1.35 bits per heavy atom. The van der Waals surface area contributed by atoms with Crippen LogP contribution >= 0.6 is 0 Å². The predicted octanol–water partition coefficient (Wildman–Crippen LogP) is 1.64. The van der Waals surface area contributed by atoms with Gasteiger partial charge < -0.3 is 10.5 Å². The zero-order valence-electron chi connectivity index (χ0n) is 9.41. The van der Waals surface area contributed by atoms with Gasteiger partial charge in [-0.15, -0.1) is 0 Å². The highest BCUT2D eigenvalue weighted by atomic mass is 16.6. The van der Waals surface area contributed by atoms with Crippen LogP contribution in [0.2, 0.25) is 0 Å². The predicted molar refractivity (Wildman–Crippen MR) is 61.8 cm³/mol. The minimum atomic E-state index is -0.476. The molecule has 1 fully saturated rings. The van der Waals surface area contributed by atoms with Gasteiger partial charge in [-0.3, -0.25) is 10.1 Å². The molecule has 1 aliphatic rings. The second kappa shape index (κ2) is 5.09. The highest BCUT2D eigenvalue weighted by Gasteiger charge is 2.20. The van der Waals surface area contributed by atoms with Crippen molar-refractivity contribution in [2.75, 3.05) is 0 Å². The van der Waals surface area contributed by atoms with E-state index >= 15 is 0 Å². The third-order valence-corrected chi connectivity index (χ3v) is 2.94. The van der Waals surface area contributed by atoms with Crippen LogP contribution in [0.3, 0.4) is 0 Å². The molecule has 0 bridgehead atoms. The van der Waals surface area contributed by atoms with E-state index in [0.717, 1.165) is 25.7 Å². The van der Waals surface area contributed by atoms with Gasteiger partial charge >= 0.3 is 0 Å². The van der Waals surface area contributed by atoms with Crippen molar-refractivity contribution in [1.29, 1.82) is 0 Å². The lowest BCUT2D eigenvalue weighted by Crippen LogP contribution is -2.31. The van der Waals surface area contributed by atoms with Crippen LogP contribution in [0.15, 0.2) is 18.3 Å². The van der Waals surface area contributed by atoms with Crippen LogP contribution in [0.5, 0.6) is 5.88 Å². The van der Waals surface area contributed by atoms with Crippen LogP contribution in [0.1, 0.15) is 25.7 Å². The van der Waals surface area contributed by atoms with Gasteiger partial charge in [0.25, 0.3) is 5.69 Å². The summed E-state index contributed by atoms with van der Waals surface area (Å²) in [5.41, 5.74) is 5.77. The van der Waals surface area contributed by atoms with Crippen molar-refractivity contribution in [2.45, 2.75) is 37.8 Å². The molecule has 0 aromatic carbocycles. The van der Waals surface area contributed by atoms with Crippen LogP contribution < -0.4 is 10.5 Å². The molecule has 0 spiro atoms. The van der Waals surface area contributed by atoms with Crippen molar-refractivity contribution < 1.29 is 9.66 Å². The Balaban J connectivity index is 1.92. The SMILES string of the molecule is NC1CCC(Oc2ccc([N+](=O)[O-])cn2)CC1. The third kappa shape index (κ3) is 3.13. The lowest BCUT2D eigenvalue weighted by atomic mass is 9.94. The monoisotopic (exact) mass is 237 g/mol. The number of nitrogens with zero attached hydrogens (tertiary/aromatic N) is 2. The first-order valence-corrected chi connectivity index (χ1v) is 5.68. The lowest BCUT2D eigenvalue weighted by molar-refractivity contribution is -0.385. The number of hydrogen-bond acceptors (Lipinski definition) is 5.